The first-order valence-electron chi connectivity index (χ1n) is 10.3. The van der Waals surface area contributed by atoms with Gasteiger partial charge >= 0.3 is 0 Å². The number of rotatable bonds is 4. The fraction of sp³-hybridized carbons (Fsp3) is 0.391. The molecule has 4 rings (SSSR count). The number of anilines is 2. The molecule has 1 atom stereocenters. The van der Waals surface area contributed by atoms with Gasteiger partial charge in [0, 0.05) is 11.1 Å². The quantitative estimate of drug-likeness (QED) is 0.365. The predicted octanol–water partition coefficient (Wildman–Crippen LogP) is 7.63. The van der Waals surface area contributed by atoms with Gasteiger partial charge < -0.3 is 11.1 Å². The number of hydrogen-bond donors (Lipinski definition) is 2. The van der Waals surface area contributed by atoms with E-state index in [4.69, 9.17) is 45.5 Å². The maximum absolute atomic E-state index is 13.0. The molecule has 1 aromatic carbocycles. The molecule has 4 nitrogen and oxygen atoms in total. The number of thiophene rings is 1. The van der Waals surface area contributed by atoms with E-state index in [1.54, 1.807) is 0 Å². The van der Waals surface area contributed by atoms with E-state index in [-0.39, 0.29) is 11.3 Å². The normalized spacial score (nSPS) is 16.4. The van der Waals surface area contributed by atoms with Crippen LogP contribution in [-0.4, -0.2) is 10.9 Å². The SMILES string of the molecule is CCC(C)(C)C1CCc2nc3sc(C(=O)Nc4cc(Cl)c(Cl)cc4Cl)c(N)c3cc2C1. The van der Waals surface area contributed by atoms with E-state index >= 15 is 0 Å². The summed E-state index contributed by atoms with van der Waals surface area (Å²) >= 11 is 19.5. The molecule has 3 N–H and O–H groups in total. The molecule has 0 aliphatic heterocycles. The van der Waals surface area contributed by atoms with E-state index in [1.165, 1.54) is 29.0 Å². The van der Waals surface area contributed by atoms with Gasteiger partial charge in [0.15, 0.2) is 0 Å². The van der Waals surface area contributed by atoms with Crippen molar-refractivity contribution in [3.63, 3.8) is 0 Å². The largest absolute Gasteiger partial charge is 0.397 e. The number of halogens is 3. The Balaban J connectivity index is 1.66. The standard InChI is InChI=1S/C23H24Cl3N3OS/c1-4-23(2,3)12-5-6-17-11(7-12)8-13-19(27)20(31-22(13)29-17)21(30)28-18-10-15(25)14(24)9-16(18)26/h8-10,12H,4-7,27H2,1-3H3,(H,28,30). The van der Waals surface area contributed by atoms with E-state index in [9.17, 15) is 4.79 Å². The number of nitrogens with one attached hydrogen (secondary N) is 1. The van der Waals surface area contributed by atoms with Gasteiger partial charge in [-0.25, -0.2) is 4.98 Å². The Labute approximate surface area is 201 Å². The molecule has 2 heterocycles. The van der Waals surface area contributed by atoms with Gasteiger partial charge in [-0.3, -0.25) is 4.79 Å². The molecular formula is C23H24Cl3N3OS. The lowest BCUT2D eigenvalue weighted by atomic mass is 9.69. The van der Waals surface area contributed by atoms with Crippen LogP contribution in [0.5, 0.6) is 0 Å². The van der Waals surface area contributed by atoms with E-state index in [1.807, 2.05) is 0 Å². The van der Waals surface area contributed by atoms with Crippen LogP contribution in [0.15, 0.2) is 18.2 Å². The third-order valence-electron chi connectivity index (χ3n) is 6.57. The zero-order valence-corrected chi connectivity index (χ0v) is 20.7. The Morgan fingerprint density at radius 3 is 2.65 bits per heavy atom. The number of benzene rings is 1. The lowest BCUT2D eigenvalue weighted by molar-refractivity contribution is 0.103. The summed E-state index contributed by atoms with van der Waals surface area (Å²) in [6.45, 7) is 6.92. The van der Waals surface area contributed by atoms with Crippen molar-refractivity contribution in [2.75, 3.05) is 11.1 Å². The van der Waals surface area contributed by atoms with E-state index in [2.05, 4.69) is 32.2 Å². The molecule has 0 saturated heterocycles. The number of hydrogen-bond acceptors (Lipinski definition) is 4. The van der Waals surface area contributed by atoms with Crippen LogP contribution in [-0.2, 0) is 12.8 Å². The minimum absolute atomic E-state index is 0.289. The van der Waals surface area contributed by atoms with Crippen molar-refractivity contribution in [3.05, 3.63) is 49.4 Å². The summed E-state index contributed by atoms with van der Waals surface area (Å²) < 4.78 is 0. The number of nitrogens with two attached hydrogens (primary N) is 1. The first-order chi connectivity index (χ1) is 14.6. The third kappa shape index (κ3) is 4.25. The Morgan fingerprint density at radius 2 is 1.94 bits per heavy atom. The highest BCUT2D eigenvalue weighted by molar-refractivity contribution is 7.21. The summed E-state index contributed by atoms with van der Waals surface area (Å²) in [6, 6.07) is 5.16. The molecule has 0 spiro atoms. The topological polar surface area (TPSA) is 68.0 Å². The van der Waals surface area contributed by atoms with Gasteiger partial charge in [0.05, 0.1) is 26.4 Å². The van der Waals surface area contributed by atoms with Gasteiger partial charge in [-0.15, -0.1) is 11.3 Å². The molecule has 1 aliphatic carbocycles. The van der Waals surface area contributed by atoms with Crippen molar-refractivity contribution in [1.29, 1.82) is 0 Å². The highest BCUT2D eigenvalue weighted by atomic mass is 35.5. The number of nitrogen functional groups attached to an aromatic ring is 1. The summed E-state index contributed by atoms with van der Waals surface area (Å²) in [5.41, 5.74) is 9.88. The average Bonchev–Trinajstić information content (AvgIpc) is 3.05. The molecular weight excluding hydrogens is 473 g/mol. The first kappa shape index (κ1) is 22.7. The molecule has 1 amide bonds. The van der Waals surface area contributed by atoms with Crippen LogP contribution in [0.25, 0.3) is 10.2 Å². The van der Waals surface area contributed by atoms with Gasteiger partial charge in [-0.1, -0.05) is 62.0 Å². The van der Waals surface area contributed by atoms with E-state index < -0.39 is 0 Å². The van der Waals surface area contributed by atoms with Gasteiger partial charge in [0.2, 0.25) is 0 Å². The molecule has 1 unspecified atom stereocenters. The number of carbonyl (C=O) groups excluding carboxylic acids is 1. The number of amides is 1. The smallest absolute Gasteiger partial charge is 0.267 e. The molecule has 164 valence electrons. The van der Waals surface area contributed by atoms with Crippen LogP contribution < -0.4 is 11.1 Å². The van der Waals surface area contributed by atoms with Crippen LogP contribution in [0, 0.1) is 11.3 Å². The van der Waals surface area contributed by atoms with Gasteiger partial charge in [0.1, 0.15) is 9.71 Å². The molecule has 31 heavy (non-hydrogen) atoms. The Hall–Kier alpha value is -1.53. The molecule has 0 radical (unpaired) electrons. The van der Waals surface area contributed by atoms with Crippen molar-refractivity contribution >= 4 is 73.6 Å². The number of aryl methyl sites for hydroxylation is 1. The number of carbonyl (C=O) groups is 1. The van der Waals surface area contributed by atoms with Crippen LogP contribution in [0.1, 0.15) is 54.5 Å². The predicted molar refractivity (Wildman–Crippen MR) is 133 cm³/mol. The first-order valence-corrected chi connectivity index (χ1v) is 12.2. The monoisotopic (exact) mass is 495 g/mol. The van der Waals surface area contributed by atoms with Gasteiger partial charge in [-0.2, -0.15) is 0 Å². The van der Waals surface area contributed by atoms with E-state index in [0.29, 0.717) is 37.2 Å². The minimum Gasteiger partial charge on any atom is -0.397 e. The highest BCUT2D eigenvalue weighted by Gasteiger charge is 2.32. The second-order valence-electron chi connectivity index (χ2n) is 8.77. The minimum atomic E-state index is -0.344. The zero-order chi connectivity index (χ0) is 22.5. The molecule has 1 aliphatic rings. The Bertz CT molecular complexity index is 1190. The molecule has 8 heteroatoms. The van der Waals surface area contributed by atoms with Crippen molar-refractivity contribution in [2.45, 2.75) is 46.5 Å². The molecule has 0 saturated carbocycles. The second kappa shape index (κ2) is 8.43. The van der Waals surface area contributed by atoms with Crippen molar-refractivity contribution in [1.82, 2.24) is 4.98 Å². The van der Waals surface area contributed by atoms with Crippen LogP contribution in [0.4, 0.5) is 11.4 Å². The second-order valence-corrected chi connectivity index (χ2v) is 11.0. The zero-order valence-electron chi connectivity index (χ0n) is 17.6. The average molecular weight is 497 g/mol. The summed E-state index contributed by atoms with van der Waals surface area (Å²) in [7, 11) is 0. The third-order valence-corrected chi connectivity index (χ3v) is 8.72. The lowest BCUT2D eigenvalue weighted by Gasteiger charge is -2.36. The van der Waals surface area contributed by atoms with Crippen molar-refractivity contribution in [2.24, 2.45) is 11.3 Å². The summed E-state index contributed by atoms with van der Waals surface area (Å²) in [5, 5.41) is 4.57. The van der Waals surface area contributed by atoms with Crippen molar-refractivity contribution < 1.29 is 4.79 Å². The van der Waals surface area contributed by atoms with Crippen LogP contribution in [0.2, 0.25) is 15.1 Å². The molecule has 2 aromatic heterocycles. The maximum atomic E-state index is 13.0. The Kier molecular flexibility index (Phi) is 6.16. The molecule has 3 aromatic rings. The van der Waals surface area contributed by atoms with E-state index in [0.717, 1.165) is 41.6 Å². The van der Waals surface area contributed by atoms with Crippen molar-refractivity contribution in [3.8, 4) is 0 Å². The highest BCUT2D eigenvalue weighted by Crippen LogP contribution is 2.42. The maximum Gasteiger partial charge on any atom is 0.267 e. The number of aromatic nitrogens is 1. The number of pyridine rings is 1. The van der Waals surface area contributed by atoms with Gasteiger partial charge in [0.25, 0.3) is 5.91 Å². The number of nitrogens with zero attached hydrogens (tertiary/aromatic N) is 1. The molecule has 0 fully saturated rings. The van der Waals surface area contributed by atoms with Crippen LogP contribution in [0.3, 0.4) is 0 Å². The summed E-state index contributed by atoms with van der Waals surface area (Å²) in [4.78, 5) is 19.0. The van der Waals surface area contributed by atoms with Gasteiger partial charge in [-0.05, 0) is 54.4 Å². The lowest BCUT2D eigenvalue weighted by Crippen LogP contribution is -2.29. The fourth-order valence-corrected chi connectivity index (χ4v) is 5.70. The summed E-state index contributed by atoms with van der Waals surface area (Å²) in [6.07, 6.45) is 4.23. The molecule has 0 bridgehead atoms. The fourth-order valence-electron chi connectivity index (χ4n) is 4.11. The Morgan fingerprint density at radius 1 is 1.23 bits per heavy atom. The summed E-state index contributed by atoms with van der Waals surface area (Å²) in [5.74, 6) is 0.271. The van der Waals surface area contributed by atoms with Crippen LogP contribution >= 0.6 is 46.1 Å². The number of fused-ring (bicyclic) bond motifs is 2.